The maximum atomic E-state index is 5.83. The van der Waals surface area contributed by atoms with Gasteiger partial charge in [0.05, 0.1) is 6.61 Å². The standard InChI is InChI=1S/C14H23N3O2/c1-15-12-8-14(17-13(16-12)10-18-2)19-9-11-6-4-3-5-7-11/h8,11H,3-7,9-10H2,1-2H3,(H,15,16,17). The summed E-state index contributed by atoms with van der Waals surface area (Å²) in [5.74, 6) is 2.72. The molecule has 1 aliphatic carbocycles. The summed E-state index contributed by atoms with van der Waals surface area (Å²) < 4.78 is 10.9. The molecule has 0 aliphatic heterocycles. The minimum Gasteiger partial charge on any atom is -0.477 e. The molecule has 1 fully saturated rings. The largest absolute Gasteiger partial charge is 0.477 e. The van der Waals surface area contributed by atoms with Crippen LogP contribution in [0.5, 0.6) is 5.88 Å². The number of ether oxygens (including phenoxy) is 2. The van der Waals surface area contributed by atoms with Crippen molar-refractivity contribution in [2.45, 2.75) is 38.7 Å². The zero-order valence-corrected chi connectivity index (χ0v) is 11.8. The Labute approximate surface area is 114 Å². The van der Waals surface area contributed by atoms with Crippen molar-refractivity contribution in [1.29, 1.82) is 0 Å². The van der Waals surface area contributed by atoms with Crippen molar-refractivity contribution in [2.75, 3.05) is 26.1 Å². The van der Waals surface area contributed by atoms with E-state index in [0.29, 0.717) is 24.2 Å². The number of anilines is 1. The molecule has 0 saturated heterocycles. The quantitative estimate of drug-likeness (QED) is 0.857. The number of hydrogen-bond acceptors (Lipinski definition) is 5. The van der Waals surface area contributed by atoms with Crippen LogP contribution in [0, 0.1) is 5.92 Å². The number of methoxy groups -OCH3 is 1. The summed E-state index contributed by atoms with van der Waals surface area (Å²) in [5, 5.41) is 3.02. The van der Waals surface area contributed by atoms with Crippen molar-refractivity contribution < 1.29 is 9.47 Å². The second-order valence-electron chi connectivity index (χ2n) is 5.01. The van der Waals surface area contributed by atoms with Crippen LogP contribution in [-0.2, 0) is 11.3 Å². The second kappa shape index (κ2) is 7.28. The molecule has 0 atom stereocenters. The first-order chi connectivity index (χ1) is 9.31. The number of hydrogen-bond donors (Lipinski definition) is 1. The molecule has 0 spiro atoms. The first kappa shape index (κ1) is 14.1. The van der Waals surface area contributed by atoms with Crippen molar-refractivity contribution in [3.8, 4) is 5.88 Å². The summed E-state index contributed by atoms with van der Waals surface area (Å²) in [6, 6.07) is 1.84. The molecule has 1 saturated carbocycles. The third kappa shape index (κ3) is 4.35. The predicted octanol–water partition coefficient (Wildman–Crippen LogP) is 2.62. The molecule has 106 valence electrons. The number of nitrogens with one attached hydrogen (secondary N) is 1. The van der Waals surface area contributed by atoms with Crippen molar-refractivity contribution >= 4 is 5.82 Å². The van der Waals surface area contributed by atoms with Gasteiger partial charge in [0.25, 0.3) is 0 Å². The molecule has 5 heteroatoms. The zero-order valence-electron chi connectivity index (χ0n) is 11.8. The van der Waals surface area contributed by atoms with Gasteiger partial charge in [0, 0.05) is 20.2 Å². The third-order valence-electron chi connectivity index (χ3n) is 3.47. The molecule has 1 aromatic heterocycles. The fraction of sp³-hybridized carbons (Fsp3) is 0.714. The number of nitrogens with zero attached hydrogens (tertiary/aromatic N) is 2. The van der Waals surface area contributed by atoms with Gasteiger partial charge in [0.2, 0.25) is 5.88 Å². The van der Waals surface area contributed by atoms with Gasteiger partial charge in [-0.1, -0.05) is 19.3 Å². The monoisotopic (exact) mass is 265 g/mol. The summed E-state index contributed by atoms with van der Waals surface area (Å²) >= 11 is 0. The minimum absolute atomic E-state index is 0.398. The first-order valence-electron chi connectivity index (χ1n) is 6.99. The Hall–Kier alpha value is -1.36. The summed E-state index contributed by atoms with van der Waals surface area (Å²) in [6.45, 7) is 1.15. The Balaban J connectivity index is 1.95. The van der Waals surface area contributed by atoms with Crippen LogP contribution in [0.15, 0.2) is 6.07 Å². The smallest absolute Gasteiger partial charge is 0.218 e. The highest BCUT2D eigenvalue weighted by molar-refractivity contribution is 5.37. The van der Waals surface area contributed by atoms with E-state index in [1.54, 1.807) is 7.11 Å². The lowest BCUT2D eigenvalue weighted by molar-refractivity contribution is 0.173. The molecule has 2 rings (SSSR count). The molecule has 0 radical (unpaired) electrons. The highest BCUT2D eigenvalue weighted by atomic mass is 16.5. The average Bonchev–Trinajstić information content (AvgIpc) is 2.46. The minimum atomic E-state index is 0.398. The number of aromatic nitrogens is 2. The maximum absolute atomic E-state index is 5.83. The van der Waals surface area contributed by atoms with E-state index < -0.39 is 0 Å². The van der Waals surface area contributed by atoms with E-state index in [0.717, 1.165) is 12.4 Å². The van der Waals surface area contributed by atoms with Crippen molar-refractivity contribution in [1.82, 2.24) is 9.97 Å². The van der Waals surface area contributed by atoms with Crippen molar-refractivity contribution in [2.24, 2.45) is 5.92 Å². The Kier molecular flexibility index (Phi) is 5.39. The molecule has 0 bridgehead atoms. The molecule has 1 N–H and O–H groups in total. The van der Waals surface area contributed by atoms with E-state index >= 15 is 0 Å². The molecule has 1 heterocycles. The lowest BCUT2D eigenvalue weighted by Crippen LogP contribution is -2.16. The van der Waals surface area contributed by atoms with E-state index in [1.165, 1.54) is 32.1 Å². The Morgan fingerprint density at radius 1 is 1.26 bits per heavy atom. The van der Waals surface area contributed by atoms with Crippen LogP contribution in [-0.4, -0.2) is 30.7 Å². The van der Waals surface area contributed by atoms with Gasteiger partial charge in [-0.25, -0.2) is 4.98 Å². The highest BCUT2D eigenvalue weighted by Gasteiger charge is 2.14. The topological polar surface area (TPSA) is 56.3 Å². The van der Waals surface area contributed by atoms with Gasteiger partial charge in [-0.3, -0.25) is 0 Å². The van der Waals surface area contributed by atoms with Crippen LogP contribution in [0.2, 0.25) is 0 Å². The van der Waals surface area contributed by atoms with Crippen LogP contribution in [0.1, 0.15) is 37.9 Å². The second-order valence-corrected chi connectivity index (χ2v) is 5.01. The number of rotatable bonds is 6. The van der Waals surface area contributed by atoms with Gasteiger partial charge in [-0.15, -0.1) is 0 Å². The van der Waals surface area contributed by atoms with E-state index in [2.05, 4.69) is 15.3 Å². The molecule has 1 aromatic rings. The van der Waals surface area contributed by atoms with Crippen LogP contribution < -0.4 is 10.1 Å². The van der Waals surface area contributed by atoms with Gasteiger partial charge in [0.1, 0.15) is 12.4 Å². The van der Waals surface area contributed by atoms with Crippen LogP contribution in [0.3, 0.4) is 0 Å². The van der Waals surface area contributed by atoms with E-state index in [-0.39, 0.29) is 0 Å². The Morgan fingerprint density at radius 3 is 2.74 bits per heavy atom. The zero-order chi connectivity index (χ0) is 13.5. The summed E-state index contributed by atoms with van der Waals surface area (Å²) in [5.41, 5.74) is 0. The first-order valence-corrected chi connectivity index (χ1v) is 6.99. The normalized spacial score (nSPS) is 16.3. The van der Waals surface area contributed by atoms with E-state index in [4.69, 9.17) is 9.47 Å². The molecule has 1 aliphatic rings. The molecule has 0 aromatic carbocycles. The maximum Gasteiger partial charge on any atom is 0.218 e. The van der Waals surface area contributed by atoms with Crippen LogP contribution in [0.4, 0.5) is 5.82 Å². The van der Waals surface area contributed by atoms with Gasteiger partial charge < -0.3 is 14.8 Å². The highest BCUT2D eigenvalue weighted by Crippen LogP contribution is 2.24. The van der Waals surface area contributed by atoms with Gasteiger partial charge in [-0.05, 0) is 18.8 Å². The van der Waals surface area contributed by atoms with Gasteiger partial charge >= 0.3 is 0 Å². The molecular formula is C14H23N3O2. The van der Waals surface area contributed by atoms with Gasteiger partial charge in [-0.2, -0.15) is 4.98 Å². The van der Waals surface area contributed by atoms with Crippen molar-refractivity contribution in [3.63, 3.8) is 0 Å². The fourth-order valence-corrected chi connectivity index (χ4v) is 2.43. The Morgan fingerprint density at radius 2 is 2.05 bits per heavy atom. The summed E-state index contributed by atoms with van der Waals surface area (Å²) in [6.07, 6.45) is 6.57. The fourth-order valence-electron chi connectivity index (χ4n) is 2.43. The Bertz CT molecular complexity index is 392. The molecule has 5 nitrogen and oxygen atoms in total. The van der Waals surface area contributed by atoms with Crippen molar-refractivity contribution in [3.05, 3.63) is 11.9 Å². The van der Waals surface area contributed by atoms with E-state index in [1.807, 2.05) is 13.1 Å². The predicted molar refractivity (Wildman–Crippen MR) is 74.4 cm³/mol. The molecule has 0 amide bonds. The summed E-state index contributed by atoms with van der Waals surface area (Å²) in [7, 11) is 3.47. The van der Waals surface area contributed by atoms with E-state index in [9.17, 15) is 0 Å². The molecule has 0 unspecified atom stereocenters. The summed E-state index contributed by atoms with van der Waals surface area (Å²) in [4.78, 5) is 8.67. The molecular weight excluding hydrogens is 242 g/mol. The molecule has 19 heavy (non-hydrogen) atoms. The van der Waals surface area contributed by atoms with Gasteiger partial charge in [0.15, 0.2) is 5.82 Å². The average molecular weight is 265 g/mol. The lowest BCUT2D eigenvalue weighted by Gasteiger charge is -2.21. The van der Waals surface area contributed by atoms with Crippen LogP contribution >= 0.6 is 0 Å². The lowest BCUT2D eigenvalue weighted by atomic mass is 9.90. The SMILES string of the molecule is CNc1cc(OCC2CCCCC2)nc(COC)n1. The van der Waals surface area contributed by atoms with Crippen LogP contribution in [0.25, 0.3) is 0 Å². The third-order valence-corrected chi connectivity index (χ3v) is 3.47.